The van der Waals surface area contributed by atoms with Gasteiger partial charge in [0.05, 0.1) is 0 Å². The Morgan fingerprint density at radius 2 is 2.00 bits per heavy atom. The predicted octanol–water partition coefficient (Wildman–Crippen LogP) is 3.19. The molecule has 106 valence electrons. The zero-order valence-electron chi connectivity index (χ0n) is 11.2. The highest BCUT2D eigenvalue weighted by molar-refractivity contribution is 9.10. The second-order valence-corrected chi connectivity index (χ2v) is 7.16. The van der Waals surface area contributed by atoms with E-state index in [1.807, 2.05) is 31.2 Å². The number of nitrogens with one attached hydrogen (secondary N) is 1. The summed E-state index contributed by atoms with van der Waals surface area (Å²) in [6.45, 7) is 3.62. The summed E-state index contributed by atoms with van der Waals surface area (Å²) < 4.78 is 28.1. The molecule has 0 aliphatic rings. The predicted molar refractivity (Wildman–Crippen MR) is 81.9 cm³/mol. The third-order valence-corrected chi connectivity index (χ3v) is 4.89. The van der Waals surface area contributed by atoms with E-state index in [-0.39, 0.29) is 10.9 Å². The summed E-state index contributed by atoms with van der Waals surface area (Å²) in [6, 6.07) is 10.5. The molecule has 2 rings (SSSR count). The van der Waals surface area contributed by atoms with Crippen molar-refractivity contribution in [3.05, 3.63) is 58.3 Å². The van der Waals surface area contributed by atoms with Gasteiger partial charge < -0.3 is 0 Å². The van der Waals surface area contributed by atoms with Gasteiger partial charge in [-0.3, -0.25) is 4.98 Å². The highest BCUT2D eigenvalue weighted by Crippen LogP contribution is 2.20. The van der Waals surface area contributed by atoms with Crippen molar-refractivity contribution in [3.8, 4) is 0 Å². The number of pyridine rings is 1. The van der Waals surface area contributed by atoms with Gasteiger partial charge in [0.15, 0.2) is 0 Å². The fourth-order valence-corrected chi connectivity index (χ4v) is 3.35. The molecule has 1 atom stereocenters. The molecule has 1 aromatic heterocycles. The molecule has 1 heterocycles. The Balaban J connectivity index is 2.22. The minimum atomic E-state index is -3.57. The number of aromatic nitrogens is 1. The van der Waals surface area contributed by atoms with E-state index < -0.39 is 10.0 Å². The standard InChI is InChI=1S/C14H15BrN2O2S/c1-10-6-7-14(9-16-10)20(18,19)17-11(2)12-4-3-5-13(15)8-12/h3-9,11,17H,1-2H3. The van der Waals surface area contributed by atoms with Gasteiger partial charge in [0, 0.05) is 22.4 Å². The first-order valence-corrected chi connectivity index (χ1v) is 8.36. The number of hydrogen-bond acceptors (Lipinski definition) is 3. The van der Waals surface area contributed by atoms with Gasteiger partial charge in [-0.15, -0.1) is 0 Å². The summed E-state index contributed by atoms with van der Waals surface area (Å²) in [7, 11) is -3.57. The highest BCUT2D eigenvalue weighted by Gasteiger charge is 2.18. The zero-order valence-corrected chi connectivity index (χ0v) is 13.6. The van der Waals surface area contributed by atoms with E-state index in [4.69, 9.17) is 0 Å². The van der Waals surface area contributed by atoms with Gasteiger partial charge in [-0.05, 0) is 43.7 Å². The van der Waals surface area contributed by atoms with Crippen LogP contribution >= 0.6 is 15.9 Å². The number of halogens is 1. The van der Waals surface area contributed by atoms with Gasteiger partial charge in [0.2, 0.25) is 10.0 Å². The van der Waals surface area contributed by atoms with E-state index in [2.05, 4.69) is 25.6 Å². The Bertz CT molecular complexity index is 699. The molecule has 0 bridgehead atoms. The molecule has 1 N–H and O–H groups in total. The lowest BCUT2D eigenvalue weighted by Crippen LogP contribution is -2.27. The van der Waals surface area contributed by atoms with Crippen molar-refractivity contribution in [2.24, 2.45) is 0 Å². The molecule has 0 saturated carbocycles. The van der Waals surface area contributed by atoms with Crippen LogP contribution < -0.4 is 4.72 Å². The SMILES string of the molecule is Cc1ccc(S(=O)(=O)NC(C)c2cccc(Br)c2)cn1. The van der Waals surface area contributed by atoms with Crippen molar-refractivity contribution in [2.75, 3.05) is 0 Å². The van der Waals surface area contributed by atoms with Gasteiger partial charge in [0.25, 0.3) is 0 Å². The third-order valence-electron chi connectivity index (χ3n) is 2.88. The van der Waals surface area contributed by atoms with Gasteiger partial charge >= 0.3 is 0 Å². The minimum Gasteiger partial charge on any atom is -0.260 e. The quantitative estimate of drug-likeness (QED) is 0.916. The van der Waals surface area contributed by atoms with Crippen molar-refractivity contribution in [1.29, 1.82) is 0 Å². The van der Waals surface area contributed by atoms with Crippen LogP contribution in [0.15, 0.2) is 52.0 Å². The lowest BCUT2D eigenvalue weighted by molar-refractivity contribution is 0.566. The van der Waals surface area contributed by atoms with E-state index >= 15 is 0 Å². The fourth-order valence-electron chi connectivity index (χ4n) is 1.76. The van der Waals surface area contributed by atoms with Crippen LogP contribution in [0.25, 0.3) is 0 Å². The van der Waals surface area contributed by atoms with Gasteiger partial charge in [0.1, 0.15) is 4.90 Å². The number of hydrogen-bond donors (Lipinski definition) is 1. The molecule has 2 aromatic rings. The number of nitrogens with zero attached hydrogens (tertiary/aromatic N) is 1. The smallest absolute Gasteiger partial charge is 0.242 e. The van der Waals surface area contributed by atoms with E-state index in [1.165, 1.54) is 6.20 Å². The van der Waals surface area contributed by atoms with Crippen LogP contribution in [0.5, 0.6) is 0 Å². The summed E-state index contributed by atoms with van der Waals surface area (Å²) in [5.74, 6) is 0. The van der Waals surface area contributed by atoms with Crippen molar-refractivity contribution >= 4 is 26.0 Å². The molecule has 1 aromatic carbocycles. The van der Waals surface area contributed by atoms with Crippen molar-refractivity contribution in [2.45, 2.75) is 24.8 Å². The van der Waals surface area contributed by atoms with Crippen LogP contribution in [-0.4, -0.2) is 13.4 Å². The average Bonchev–Trinajstić information content (AvgIpc) is 2.38. The van der Waals surface area contributed by atoms with Crippen molar-refractivity contribution in [3.63, 3.8) is 0 Å². The van der Waals surface area contributed by atoms with Crippen molar-refractivity contribution < 1.29 is 8.42 Å². The monoisotopic (exact) mass is 354 g/mol. The van der Waals surface area contributed by atoms with Gasteiger partial charge in [-0.1, -0.05) is 28.1 Å². The molecule has 0 aliphatic carbocycles. The molecule has 0 radical (unpaired) electrons. The molecular weight excluding hydrogens is 340 g/mol. The Morgan fingerprint density at radius 3 is 2.60 bits per heavy atom. The first kappa shape index (κ1) is 15.2. The molecule has 1 unspecified atom stereocenters. The Kier molecular flexibility index (Phi) is 4.57. The van der Waals surface area contributed by atoms with Gasteiger partial charge in [-0.25, -0.2) is 13.1 Å². The molecule has 0 saturated heterocycles. The normalized spacial score (nSPS) is 13.2. The molecule has 20 heavy (non-hydrogen) atoms. The summed E-state index contributed by atoms with van der Waals surface area (Å²) in [4.78, 5) is 4.18. The highest BCUT2D eigenvalue weighted by atomic mass is 79.9. The number of benzene rings is 1. The fraction of sp³-hybridized carbons (Fsp3) is 0.214. The van der Waals surface area contributed by atoms with E-state index in [0.29, 0.717) is 0 Å². The van der Waals surface area contributed by atoms with Crippen LogP contribution in [0.3, 0.4) is 0 Å². The summed E-state index contributed by atoms with van der Waals surface area (Å²) in [6.07, 6.45) is 1.37. The molecule has 6 heteroatoms. The number of sulfonamides is 1. The Labute approximate surface area is 127 Å². The van der Waals surface area contributed by atoms with Crippen LogP contribution in [0, 0.1) is 6.92 Å². The average molecular weight is 355 g/mol. The van der Waals surface area contributed by atoms with Crippen molar-refractivity contribution in [1.82, 2.24) is 9.71 Å². The van der Waals surface area contributed by atoms with Gasteiger partial charge in [-0.2, -0.15) is 0 Å². The first-order valence-electron chi connectivity index (χ1n) is 6.09. The Hall–Kier alpha value is -1.24. The van der Waals surface area contributed by atoms with E-state index in [0.717, 1.165) is 15.7 Å². The van der Waals surface area contributed by atoms with E-state index in [9.17, 15) is 8.42 Å². The van der Waals surface area contributed by atoms with Crippen LogP contribution in [0.4, 0.5) is 0 Å². The molecule has 0 aliphatic heterocycles. The maximum atomic E-state index is 12.2. The second-order valence-electron chi connectivity index (χ2n) is 4.53. The topological polar surface area (TPSA) is 59.1 Å². The lowest BCUT2D eigenvalue weighted by atomic mass is 10.1. The Morgan fingerprint density at radius 1 is 1.25 bits per heavy atom. The number of rotatable bonds is 4. The second kappa shape index (κ2) is 6.03. The maximum absolute atomic E-state index is 12.2. The largest absolute Gasteiger partial charge is 0.260 e. The summed E-state index contributed by atoms with van der Waals surface area (Å²) >= 11 is 3.38. The lowest BCUT2D eigenvalue weighted by Gasteiger charge is -2.15. The van der Waals surface area contributed by atoms with Crippen LogP contribution in [-0.2, 0) is 10.0 Å². The number of aryl methyl sites for hydroxylation is 1. The van der Waals surface area contributed by atoms with E-state index in [1.54, 1.807) is 19.1 Å². The van der Waals surface area contributed by atoms with Crippen LogP contribution in [0.1, 0.15) is 24.2 Å². The molecule has 0 spiro atoms. The maximum Gasteiger partial charge on any atom is 0.242 e. The first-order chi connectivity index (χ1) is 9.38. The molecule has 4 nitrogen and oxygen atoms in total. The minimum absolute atomic E-state index is 0.171. The third kappa shape index (κ3) is 3.65. The molecule has 0 fully saturated rings. The van der Waals surface area contributed by atoms with Crippen LogP contribution in [0.2, 0.25) is 0 Å². The summed E-state index contributed by atoms with van der Waals surface area (Å²) in [5.41, 5.74) is 1.67. The summed E-state index contributed by atoms with van der Waals surface area (Å²) in [5, 5.41) is 0. The zero-order chi connectivity index (χ0) is 14.8. The molecular formula is C14H15BrN2O2S. The molecule has 0 amide bonds.